The molecule has 3 aliphatic rings. The third-order valence-corrected chi connectivity index (χ3v) is 8.52. The van der Waals surface area contributed by atoms with E-state index < -0.39 is 11.7 Å². The molecule has 2 aromatic carbocycles. The minimum absolute atomic E-state index is 0.0981. The number of benzene rings is 2. The van der Waals surface area contributed by atoms with Gasteiger partial charge in [0.05, 0.1) is 23.1 Å². The Morgan fingerprint density at radius 1 is 1.11 bits per heavy atom. The van der Waals surface area contributed by atoms with E-state index in [0.29, 0.717) is 66.9 Å². The first-order valence-corrected chi connectivity index (χ1v) is 14.9. The third kappa shape index (κ3) is 6.91. The number of nitrogens with two attached hydrogens (primary N) is 1. The van der Waals surface area contributed by atoms with E-state index >= 15 is 0 Å². The molecule has 4 heterocycles. The molecule has 1 aromatic heterocycles. The van der Waals surface area contributed by atoms with E-state index in [9.17, 15) is 18.0 Å². The molecule has 1 saturated heterocycles. The number of anilines is 6. The number of aromatic nitrogens is 2. The number of carbonyl (C=O) groups is 1. The first-order chi connectivity index (χ1) is 21.1. The number of fused-ring (bicyclic) bond motifs is 6. The second-order valence-corrected chi connectivity index (χ2v) is 11.8. The van der Waals surface area contributed by atoms with Crippen molar-refractivity contribution in [3.05, 3.63) is 70.6 Å². The van der Waals surface area contributed by atoms with Crippen LogP contribution in [0.2, 0.25) is 5.02 Å². The number of piperidine rings is 1. The summed E-state index contributed by atoms with van der Waals surface area (Å²) in [6.07, 6.45) is 4.77. The van der Waals surface area contributed by atoms with Crippen molar-refractivity contribution in [2.45, 2.75) is 44.7 Å². The SMILES string of the molecule is Nc1ccc(C(F)(F)F)cc1N1CCC(CC(=O)Nc2ccc3cc2CCC2C=NC=C(C2)Nc2ncc(Cl)c(n2)N3)CC1. The van der Waals surface area contributed by atoms with Crippen molar-refractivity contribution in [3.63, 3.8) is 0 Å². The van der Waals surface area contributed by atoms with E-state index in [4.69, 9.17) is 17.3 Å². The predicted octanol–water partition coefficient (Wildman–Crippen LogP) is 7.01. The van der Waals surface area contributed by atoms with Crippen molar-refractivity contribution in [2.75, 3.05) is 39.7 Å². The number of hydrogen-bond acceptors (Lipinski definition) is 8. The molecule has 3 aromatic rings. The van der Waals surface area contributed by atoms with Crippen molar-refractivity contribution >= 4 is 58.2 Å². The van der Waals surface area contributed by atoms with Crippen LogP contribution in [0.5, 0.6) is 0 Å². The Balaban J connectivity index is 1.13. The van der Waals surface area contributed by atoms with Crippen LogP contribution < -0.4 is 26.6 Å². The van der Waals surface area contributed by atoms with E-state index in [0.717, 1.165) is 47.6 Å². The van der Waals surface area contributed by atoms with Gasteiger partial charge in [0.15, 0.2) is 5.82 Å². The minimum atomic E-state index is -4.44. The van der Waals surface area contributed by atoms with Crippen LogP contribution in [-0.2, 0) is 17.4 Å². The number of nitrogens with zero attached hydrogens (tertiary/aromatic N) is 4. The monoisotopic (exact) mass is 624 g/mol. The molecule has 1 atom stereocenters. The smallest absolute Gasteiger partial charge is 0.397 e. The summed E-state index contributed by atoms with van der Waals surface area (Å²) in [5.41, 5.74) is 9.39. The number of amides is 1. The number of aryl methyl sites for hydroxylation is 1. The average molecular weight is 625 g/mol. The van der Waals surface area contributed by atoms with Gasteiger partial charge in [0.1, 0.15) is 5.02 Å². The fourth-order valence-electron chi connectivity index (χ4n) is 5.87. The second kappa shape index (κ2) is 12.4. The van der Waals surface area contributed by atoms with Gasteiger partial charge < -0.3 is 26.6 Å². The molecule has 1 fully saturated rings. The van der Waals surface area contributed by atoms with E-state index in [2.05, 4.69) is 30.9 Å². The summed E-state index contributed by atoms with van der Waals surface area (Å²) >= 11 is 6.38. The highest BCUT2D eigenvalue weighted by molar-refractivity contribution is 6.32. The van der Waals surface area contributed by atoms with E-state index in [1.807, 2.05) is 29.3 Å². The highest BCUT2D eigenvalue weighted by Gasteiger charge is 2.32. The van der Waals surface area contributed by atoms with Crippen LogP contribution in [0.15, 0.2) is 59.5 Å². The van der Waals surface area contributed by atoms with Crippen LogP contribution in [0.3, 0.4) is 0 Å². The first-order valence-electron chi connectivity index (χ1n) is 14.5. The maximum atomic E-state index is 13.2. The maximum absolute atomic E-state index is 13.2. The molecule has 13 heteroatoms. The molecule has 3 aliphatic heterocycles. The number of alkyl halides is 3. The Morgan fingerprint density at radius 2 is 1.93 bits per heavy atom. The summed E-state index contributed by atoms with van der Waals surface area (Å²) in [6, 6.07) is 9.15. The van der Waals surface area contributed by atoms with E-state index in [1.54, 1.807) is 6.20 Å². The molecule has 6 rings (SSSR count). The van der Waals surface area contributed by atoms with Gasteiger partial charge in [0.25, 0.3) is 0 Å². The van der Waals surface area contributed by atoms with Crippen LogP contribution in [0.4, 0.5) is 47.7 Å². The van der Waals surface area contributed by atoms with Gasteiger partial charge in [0.2, 0.25) is 11.9 Å². The molecule has 0 aliphatic carbocycles. The maximum Gasteiger partial charge on any atom is 0.416 e. The molecule has 230 valence electrons. The summed E-state index contributed by atoms with van der Waals surface area (Å²) in [7, 11) is 0. The Hall–Kier alpha value is -4.32. The normalized spacial score (nSPS) is 18.6. The fourth-order valence-corrected chi connectivity index (χ4v) is 6.01. The van der Waals surface area contributed by atoms with Crippen molar-refractivity contribution in [2.24, 2.45) is 16.8 Å². The number of aliphatic imine (C=N–C) groups is 1. The predicted molar refractivity (Wildman–Crippen MR) is 167 cm³/mol. The van der Waals surface area contributed by atoms with Gasteiger partial charge in [-0.05, 0) is 80.0 Å². The van der Waals surface area contributed by atoms with E-state index in [-0.39, 0.29) is 17.7 Å². The lowest BCUT2D eigenvalue weighted by Crippen LogP contribution is -2.35. The van der Waals surface area contributed by atoms with Crippen molar-refractivity contribution < 1.29 is 18.0 Å². The molecule has 1 amide bonds. The van der Waals surface area contributed by atoms with Gasteiger partial charge in [0, 0.05) is 54.9 Å². The zero-order valence-electron chi connectivity index (χ0n) is 23.8. The van der Waals surface area contributed by atoms with Gasteiger partial charge in [-0.25, -0.2) is 4.98 Å². The number of nitrogen functional groups attached to an aromatic ring is 1. The van der Waals surface area contributed by atoms with Gasteiger partial charge >= 0.3 is 6.18 Å². The molecule has 0 saturated carbocycles. The van der Waals surface area contributed by atoms with Crippen LogP contribution in [0.25, 0.3) is 0 Å². The number of nitrogens with one attached hydrogen (secondary N) is 3. The highest BCUT2D eigenvalue weighted by atomic mass is 35.5. The quantitative estimate of drug-likeness (QED) is 0.230. The second-order valence-electron chi connectivity index (χ2n) is 11.4. The van der Waals surface area contributed by atoms with Gasteiger partial charge in [-0.3, -0.25) is 9.79 Å². The summed E-state index contributed by atoms with van der Waals surface area (Å²) in [5.74, 6) is 1.09. The molecule has 1 unspecified atom stereocenters. The Labute approximate surface area is 257 Å². The third-order valence-electron chi connectivity index (χ3n) is 8.24. The average Bonchev–Trinajstić information content (AvgIpc) is 2.99. The summed E-state index contributed by atoms with van der Waals surface area (Å²) in [5, 5.41) is 9.99. The molecular formula is C31H32ClF3N8O. The molecule has 0 spiro atoms. The standard InChI is InChI=1S/C31H32ClF3N8O/c32-24-17-38-30-40-23-11-19(15-37-16-23)1-2-20-13-22(39-29(24)42-30)4-6-26(20)41-28(44)12-18-7-9-43(10-8-18)27-14-21(31(33,34)35)3-5-25(27)36/h3-6,13-19H,1-2,7-12,36H2,(H,41,44)(H2,38,39,40,42). The lowest BCUT2D eigenvalue weighted by atomic mass is 9.92. The molecule has 6 bridgehead atoms. The number of allylic oxidation sites excluding steroid dienone is 1. The molecular weight excluding hydrogens is 593 g/mol. The largest absolute Gasteiger partial charge is 0.416 e. The lowest BCUT2D eigenvalue weighted by Gasteiger charge is -2.34. The number of carbonyl (C=O) groups excluding carboxylic acids is 1. The van der Waals surface area contributed by atoms with Crippen LogP contribution in [0.1, 0.15) is 43.2 Å². The number of halogens is 4. The number of rotatable bonds is 4. The Morgan fingerprint density at radius 3 is 2.73 bits per heavy atom. The molecule has 44 heavy (non-hydrogen) atoms. The topological polar surface area (TPSA) is 121 Å². The highest BCUT2D eigenvalue weighted by Crippen LogP contribution is 2.37. The van der Waals surface area contributed by atoms with Crippen molar-refractivity contribution in [1.29, 1.82) is 0 Å². The van der Waals surface area contributed by atoms with Crippen LogP contribution in [-0.4, -0.2) is 35.2 Å². The number of hydrogen-bond donors (Lipinski definition) is 4. The van der Waals surface area contributed by atoms with Crippen molar-refractivity contribution in [3.8, 4) is 0 Å². The molecule has 0 radical (unpaired) electrons. The summed E-state index contributed by atoms with van der Waals surface area (Å²) < 4.78 is 39.7. The van der Waals surface area contributed by atoms with Crippen LogP contribution >= 0.6 is 11.6 Å². The summed E-state index contributed by atoms with van der Waals surface area (Å²) in [4.78, 5) is 28.3. The zero-order valence-corrected chi connectivity index (χ0v) is 24.5. The Kier molecular flexibility index (Phi) is 8.35. The zero-order chi connectivity index (χ0) is 30.8. The minimum Gasteiger partial charge on any atom is -0.397 e. The van der Waals surface area contributed by atoms with Gasteiger partial charge in [-0.15, -0.1) is 0 Å². The fraction of sp³-hybridized carbons (Fsp3) is 0.355. The Bertz CT molecular complexity index is 1620. The van der Waals surface area contributed by atoms with Crippen molar-refractivity contribution in [1.82, 2.24) is 9.97 Å². The lowest BCUT2D eigenvalue weighted by molar-refractivity contribution is -0.137. The summed E-state index contributed by atoms with van der Waals surface area (Å²) in [6.45, 7) is 1.05. The van der Waals surface area contributed by atoms with Gasteiger partial charge in [-0.2, -0.15) is 18.2 Å². The van der Waals surface area contributed by atoms with Crippen LogP contribution in [0, 0.1) is 11.8 Å². The van der Waals surface area contributed by atoms with Gasteiger partial charge in [-0.1, -0.05) is 11.6 Å². The first kappa shape index (κ1) is 29.7. The molecule has 9 nitrogen and oxygen atoms in total. The van der Waals surface area contributed by atoms with E-state index in [1.165, 1.54) is 12.3 Å². The molecule has 5 N–H and O–H groups in total.